The monoisotopic (exact) mass is 349 g/mol. The summed E-state index contributed by atoms with van der Waals surface area (Å²) in [6.45, 7) is 1.86. The SMILES string of the molecule is Cc1csc(C(Br)Cc2ccccc2C(F)(F)F)n1. The predicted molar refractivity (Wildman–Crippen MR) is 73.7 cm³/mol. The average molecular weight is 350 g/mol. The Bertz CT molecular complexity index is 565. The summed E-state index contributed by atoms with van der Waals surface area (Å²) in [6.07, 6.45) is -4.05. The molecule has 2 aromatic rings. The van der Waals surface area contributed by atoms with Crippen molar-refractivity contribution in [2.24, 2.45) is 0 Å². The van der Waals surface area contributed by atoms with Crippen LogP contribution in [-0.4, -0.2) is 4.98 Å². The van der Waals surface area contributed by atoms with Gasteiger partial charge in [-0.2, -0.15) is 13.2 Å². The molecule has 0 N–H and O–H groups in total. The molecule has 0 fully saturated rings. The summed E-state index contributed by atoms with van der Waals surface area (Å²) >= 11 is 4.87. The van der Waals surface area contributed by atoms with Gasteiger partial charge in [-0.25, -0.2) is 4.98 Å². The molecule has 1 unspecified atom stereocenters. The maximum absolute atomic E-state index is 12.9. The van der Waals surface area contributed by atoms with Gasteiger partial charge in [0, 0.05) is 11.1 Å². The van der Waals surface area contributed by atoms with Crippen LogP contribution < -0.4 is 0 Å². The van der Waals surface area contributed by atoms with E-state index in [1.807, 2.05) is 12.3 Å². The second-order valence-corrected chi connectivity index (χ2v) is 6.15. The molecule has 1 heterocycles. The van der Waals surface area contributed by atoms with E-state index in [4.69, 9.17) is 0 Å². The topological polar surface area (TPSA) is 12.9 Å². The zero-order valence-electron chi connectivity index (χ0n) is 10.0. The van der Waals surface area contributed by atoms with Gasteiger partial charge in [-0.3, -0.25) is 0 Å². The molecule has 1 aromatic heterocycles. The molecule has 0 radical (unpaired) electrons. The Morgan fingerprint density at radius 1 is 1.32 bits per heavy atom. The molecule has 0 amide bonds. The van der Waals surface area contributed by atoms with Crippen molar-refractivity contribution in [3.8, 4) is 0 Å². The van der Waals surface area contributed by atoms with Gasteiger partial charge >= 0.3 is 6.18 Å². The quantitative estimate of drug-likeness (QED) is 0.698. The number of hydrogen-bond acceptors (Lipinski definition) is 2. The van der Waals surface area contributed by atoms with Gasteiger partial charge in [-0.1, -0.05) is 34.1 Å². The molecule has 0 aliphatic rings. The van der Waals surface area contributed by atoms with E-state index >= 15 is 0 Å². The fraction of sp³-hybridized carbons (Fsp3) is 0.308. The van der Waals surface area contributed by atoms with Gasteiger partial charge in [-0.05, 0) is 25.0 Å². The lowest BCUT2D eigenvalue weighted by atomic mass is 10.0. The lowest BCUT2D eigenvalue weighted by molar-refractivity contribution is -0.138. The Labute approximate surface area is 121 Å². The number of benzene rings is 1. The predicted octanol–water partition coefficient (Wildman–Crippen LogP) is 5.15. The molecule has 1 aromatic carbocycles. The van der Waals surface area contributed by atoms with E-state index in [1.54, 1.807) is 6.07 Å². The van der Waals surface area contributed by atoms with Crippen molar-refractivity contribution >= 4 is 27.3 Å². The highest BCUT2D eigenvalue weighted by Crippen LogP contribution is 2.36. The first-order chi connectivity index (χ1) is 8.88. The van der Waals surface area contributed by atoms with Crippen LogP contribution in [0.3, 0.4) is 0 Å². The third-order valence-corrected chi connectivity index (χ3v) is 4.76. The molecule has 6 heteroatoms. The maximum Gasteiger partial charge on any atom is 0.416 e. The molecule has 0 saturated carbocycles. The number of aryl methyl sites for hydroxylation is 1. The van der Waals surface area contributed by atoms with Crippen LogP contribution >= 0.6 is 27.3 Å². The van der Waals surface area contributed by atoms with Crippen LogP contribution in [0.4, 0.5) is 13.2 Å². The second-order valence-electron chi connectivity index (χ2n) is 4.15. The van der Waals surface area contributed by atoms with Crippen molar-refractivity contribution in [3.63, 3.8) is 0 Å². The van der Waals surface area contributed by atoms with Gasteiger partial charge in [0.2, 0.25) is 0 Å². The van der Waals surface area contributed by atoms with Crippen molar-refractivity contribution < 1.29 is 13.2 Å². The maximum atomic E-state index is 12.9. The Kier molecular flexibility index (Phi) is 4.30. The van der Waals surface area contributed by atoms with E-state index in [0.717, 1.165) is 16.8 Å². The van der Waals surface area contributed by atoms with E-state index in [1.165, 1.54) is 23.5 Å². The van der Waals surface area contributed by atoms with Crippen LogP contribution in [0.15, 0.2) is 29.6 Å². The molecule has 2 rings (SSSR count). The summed E-state index contributed by atoms with van der Waals surface area (Å²) < 4.78 is 38.6. The van der Waals surface area contributed by atoms with Gasteiger partial charge in [-0.15, -0.1) is 11.3 Å². The van der Waals surface area contributed by atoms with Gasteiger partial charge in [0.1, 0.15) is 5.01 Å². The largest absolute Gasteiger partial charge is 0.416 e. The standard InChI is InChI=1S/C13H11BrF3NS/c1-8-7-19-12(18-8)11(14)6-9-4-2-3-5-10(9)13(15,16)17/h2-5,7,11H,6H2,1H3. The first-order valence-corrected chi connectivity index (χ1v) is 7.38. The van der Waals surface area contributed by atoms with Crippen molar-refractivity contribution in [2.45, 2.75) is 24.3 Å². The molecule has 1 nitrogen and oxygen atoms in total. The van der Waals surface area contributed by atoms with Crippen LogP contribution in [-0.2, 0) is 12.6 Å². The molecule has 0 aliphatic carbocycles. The van der Waals surface area contributed by atoms with Crippen molar-refractivity contribution in [1.29, 1.82) is 0 Å². The summed E-state index contributed by atoms with van der Waals surface area (Å²) in [6, 6.07) is 5.65. The van der Waals surface area contributed by atoms with E-state index in [0.29, 0.717) is 0 Å². The summed E-state index contributed by atoms with van der Waals surface area (Å²) in [7, 11) is 0. The Morgan fingerprint density at radius 2 is 2.00 bits per heavy atom. The number of halogens is 4. The van der Waals surface area contributed by atoms with Crippen molar-refractivity contribution in [3.05, 3.63) is 51.5 Å². The minimum atomic E-state index is -4.32. The third kappa shape index (κ3) is 3.57. The minimum absolute atomic E-state index is 0.199. The summed E-state index contributed by atoms with van der Waals surface area (Å²) in [5.41, 5.74) is 0.589. The van der Waals surface area contributed by atoms with Crippen LogP contribution in [0.1, 0.15) is 26.7 Å². The molecule has 102 valence electrons. The Morgan fingerprint density at radius 3 is 2.58 bits per heavy atom. The van der Waals surface area contributed by atoms with Gasteiger partial charge in [0.15, 0.2) is 0 Å². The van der Waals surface area contributed by atoms with Crippen LogP contribution in [0.25, 0.3) is 0 Å². The Hall–Kier alpha value is -0.880. The normalized spacial score (nSPS) is 13.5. The zero-order valence-corrected chi connectivity index (χ0v) is 12.4. The van der Waals surface area contributed by atoms with Crippen molar-refractivity contribution in [2.75, 3.05) is 0 Å². The molecule has 1 atom stereocenters. The van der Waals surface area contributed by atoms with E-state index in [-0.39, 0.29) is 16.8 Å². The molecular weight excluding hydrogens is 339 g/mol. The van der Waals surface area contributed by atoms with Crippen molar-refractivity contribution in [1.82, 2.24) is 4.98 Å². The summed E-state index contributed by atoms with van der Waals surface area (Å²) in [5, 5.41) is 2.69. The van der Waals surface area contributed by atoms with Gasteiger partial charge in [0.25, 0.3) is 0 Å². The fourth-order valence-corrected chi connectivity index (χ4v) is 3.32. The third-order valence-electron chi connectivity index (χ3n) is 2.63. The molecule has 0 saturated heterocycles. The lowest BCUT2D eigenvalue weighted by Gasteiger charge is -2.14. The number of hydrogen-bond donors (Lipinski definition) is 0. The smallest absolute Gasteiger partial charge is 0.245 e. The Balaban J connectivity index is 2.24. The molecular formula is C13H11BrF3NS. The number of rotatable bonds is 3. The molecule has 0 aliphatic heterocycles. The van der Waals surface area contributed by atoms with Gasteiger partial charge in [0.05, 0.1) is 10.4 Å². The molecule has 0 spiro atoms. The highest BCUT2D eigenvalue weighted by Gasteiger charge is 2.33. The van der Waals surface area contributed by atoms with E-state index < -0.39 is 11.7 Å². The van der Waals surface area contributed by atoms with Crippen LogP contribution in [0, 0.1) is 6.92 Å². The minimum Gasteiger partial charge on any atom is -0.245 e. The molecule has 0 bridgehead atoms. The van der Waals surface area contributed by atoms with Gasteiger partial charge < -0.3 is 0 Å². The van der Waals surface area contributed by atoms with Crippen LogP contribution in [0.2, 0.25) is 0 Å². The lowest BCUT2D eigenvalue weighted by Crippen LogP contribution is -2.10. The zero-order chi connectivity index (χ0) is 14.0. The van der Waals surface area contributed by atoms with E-state index in [2.05, 4.69) is 20.9 Å². The number of nitrogens with zero attached hydrogens (tertiary/aromatic N) is 1. The highest BCUT2D eigenvalue weighted by molar-refractivity contribution is 9.09. The fourth-order valence-electron chi connectivity index (χ4n) is 1.77. The van der Waals surface area contributed by atoms with Crippen LogP contribution in [0.5, 0.6) is 0 Å². The number of alkyl halides is 4. The first kappa shape index (κ1) is 14.5. The summed E-state index contributed by atoms with van der Waals surface area (Å²) in [4.78, 5) is 4.09. The highest BCUT2D eigenvalue weighted by atomic mass is 79.9. The number of thiazole rings is 1. The summed E-state index contributed by atoms with van der Waals surface area (Å²) in [5.74, 6) is 0. The number of aromatic nitrogens is 1. The average Bonchev–Trinajstić information content (AvgIpc) is 2.75. The first-order valence-electron chi connectivity index (χ1n) is 5.59. The molecule has 19 heavy (non-hydrogen) atoms. The van der Waals surface area contributed by atoms with E-state index in [9.17, 15) is 13.2 Å². The second kappa shape index (κ2) is 5.63.